The molecular formula is C10H15ClN2OS. The summed E-state index contributed by atoms with van der Waals surface area (Å²) in [5, 5.41) is 3.45. The fraction of sp³-hybridized carbons (Fsp3) is 0.700. The molecule has 1 aromatic heterocycles. The Morgan fingerprint density at radius 3 is 3.20 bits per heavy atom. The fourth-order valence-electron chi connectivity index (χ4n) is 1.72. The second kappa shape index (κ2) is 5.80. The predicted molar refractivity (Wildman–Crippen MR) is 62.4 cm³/mol. The molecule has 1 N–H and O–H groups in total. The highest BCUT2D eigenvalue weighted by atomic mass is 35.5. The van der Waals surface area contributed by atoms with Crippen LogP contribution in [0.1, 0.15) is 24.1 Å². The first-order chi connectivity index (χ1) is 7.34. The highest BCUT2D eigenvalue weighted by Gasteiger charge is 2.12. The zero-order valence-electron chi connectivity index (χ0n) is 8.54. The van der Waals surface area contributed by atoms with Gasteiger partial charge in [0.2, 0.25) is 0 Å². The molecule has 1 aliphatic rings. The van der Waals surface area contributed by atoms with E-state index in [1.165, 1.54) is 30.6 Å². The summed E-state index contributed by atoms with van der Waals surface area (Å²) in [6.07, 6.45) is 5.61. The highest BCUT2D eigenvalue weighted by molar-refractivity contribution is 7.15. The molecule has 5 heteroatoms. The van der Waals surface area contributed by atoms with Crippen molar-refractivity contribution in [1.29, 1.82) is 0 Å². The maximum atomic E-state index is 5.73. The van der Waals surface area contributed by atoms with E-state index in [0.29, 0.717) is 17.1 Å². The minimum absolute atomic E-state index is 0.530. The average Bonchev–Trinajstić information content (AvgIpc) is 2.66. The van der Waals surface area contributed by atoms with Crippen molar-refractivity contribution >= 4 is 22.9 Å². The van der Waals surface area contributed by atoms with Gasteiger partial charge in [-0.25, -0.2) is 4.98 Å². The van der Waals surface area contributed by atoms with Gasteiger partial charge in [0.15, 0.2) is 4.47 Å². The van der Waals surface area contributed by atoms with Crippen molar-refractivity contribution in [1.82, 2.24) is 10.3 Å². The molecule has 1 aromatic rings. The number of nitrogens with zero attached hydrogens (tertiary/aromatic N) is 1. The summed E-state index contributed by atoms with van der Waals surface area (Å²) in [5.41, 5.74) is 0. The van der Waals surface area contributed by atoms with Crippen LogP contribution in [-0.2, 0) is 11.3 Å². The van der Waals surface area contributed by atoms with Crippen LogP contribution in [0.5, 0.6) is 0 Å². The molecule has 84 valence electrons. The van der Waals surface area contributed by atoms with Crippen LogP contribution in [0.15, 0.2) is 6.20 Å². The zero-order valence-corrected chi connectivity index (χ0v) is 10.1. The third kappa shape index (κ3) is 3.72. The van der Waals surface area contributed by atoms with Crippen molar-refractivity contribution < 1.29 is 4.74 Å². The summed E-state index contributed by atoms with van der Waals surface area (Å²) in [6, 6.07) is 0.530. The van der Waals surface area contributed by atoms with Gasteiger partial charge < -0.3 is 10.1 Å². The number of ether oxygens (including phenoxy) is 1. The molecule has 0 spiro atoms. The molecule has 0 aromatic carbocycles. The molecule has 0 aliphatic carbocycles. The van der Waals surface area contributed by atoms with Crippen molar-refractivity contribution in [3.63, 3.8) is 0 Å². The molecule has 0 radical (unpaired) electrons. The lowest BCUT2D eigenvalue weighted by Crippen LogP contribution is -2.37. The molecule has 3 nitrogen and oxygen atoms in total. The molecule has 1 aliphatic heterocycles. The Kier molecular flexibility index (Phi) is 4.38. The van der Waals surface area contributed by atoms with Crippen molar-refractivity contribution in [3.8, 4) is 0 Å². The molecule has 1 fully saturated rings. The molecule has 1 unspecified atom stereocenters. The van der Waals surface area contributed by atoms with Crippen LogP contribution >= 0.6 is 22.9 Å². The summed E-state index contributed by atoms with van der Waals surface area (Å²) in [6.45, 7) is 2.54. The summed E-state index contributed by atoms with van der Waals surface area (Å²) in [7, 11) is 0. The van der Waals surface area contributed by atoms with E-state index in [-0.39, 0.29) is 0 Å². The highest BCUT2D eigenvalue weighted by Crippen LogP contribution is 2.18. The second-order valence-electron chi connectivity index (χ2n) is 3.74. The van der Waals surface area contributed by atoms with Gasteiger partial charge in [-0.3, -0.25) is 0 Å². The number of hydrogen-bond acceptors (Lipinski definition) is 4. The van der Waals surface area contributed by atoms with E-state index >= 15 is 0 Å². The minimum atomic E-state index is 0.530. The number of piperidine rings is 1. The minimum Gasteiger partial charge on any atom is -0.374 e. The number of nitrogens with one attached hydrogen (secondary N) is 1. The molecule has 0 saturated carbocycles. The van der Waals surface area contributed by atoms with E-state index < -0.39 is 0 Å². The van der Waals surface area contributed by atoms with Gasteiger partial charge >= 0.3 is 0 Å². The van der Waals surface area contributed by atoms with Gasteiger partial charge in [-0.05, 0) is 19.4 Å². The van der Waals surface area contributed by atoms with E-state index in [1.807, 2.05) is 0 Å². The fourth-order valence-corrected chi connectivity index (χ4v) is 2.63. The van der Waals surface area contributed by atoms with Crippen molar-refractivity contribution in [2.24, 2.45) is 0 Å². The maximum absolute atomic E-state index is 5.73. The smallest absolute Gasteiger partial charge is 0.183 e. The van der Waals surface area contributed by atoms with E-state index in [1.54, 1.807) is 6.20 Å². The third-order valence-corrected chi connectivity index (χ3v) is 3.59. The van der Waals surface area contributed by atoms with Crippen LogP contribution in [0.25, 0.3) is 0 Å². The van der Waals surface area contributed by atoms with E-state index in [0.717, 1.165) is 18.0 Å². The standard InChI is InChI=1S/C10H15ClN2OS/c11-10-13-5-9(15-10)7-14-6-8-3-1-2-4-12-8/h5,8,12H,1-4,6-7H2. The third-order valence-electron chi connectivity index (χ3n) is 2.50. The van der Waals surface area contributed by atoms with E-state index in [2.05, 4.69) is 10.3 Å². The van der Waals surface area contributed by atoms with E-state index in [4.69, 9.17) is 16.3 Å². The normalized spacial score (nSPS) is 21.8. The molecule has 2 heterocycles. The predicted octanol–water partition coefficient (Wildman–Crippen LogP) is 2.46. The molecule has 0 amide bonds. The van der Waals surface area contributed by atoms with Crippen LogP contribution in [0, 0.1) is 0 Å². The van der Waals surface area contributed by atoms with Gasteiger partial charge in [-0.1, -0.05) is 18.0 Å². The number of thiazole rings is 1. The summed E-state index contributed by atoms with van der Waals surface area (Å²) in [5.74, 6) is 0. The summed E-state index contributed by atoms with van der Waals surface area (Å²) in [4.78, 5) is 5.06. The topological polar surface area (TPSA) is 34.1 Å². The lowest BCUT2D eigenvalue weighted by Gasteiger charge is -2.22. The van der Waals surface area contributed by atoms with Crippen LogP contribution < -0.4 is 5.32 Å². The second-order valence-corrected chi connectivity index (χ2v) is 5.44. The maximum Gasteiger partial charge on any atom is 0.183 e. The molecule has 15 heavy (non-hydrogen) atoms. The van der Waals surface area contributed by atoms with Gasteiger partial charge in [0, 0.05) is 12.2 Å². The monoisotopic (exact) mass is 246 g/mol. The first-order valence-corrected chi connectivity index (χ1v) is 6.45. The lowest BCUT2D eigenvalue weighted by molar-refractivity contribution is 0.0927. The Morgan fingerprint density at radius 2 is 2.53 bits per heavy atom. The zero-order chi connectivity index (χ0) is 10.5. The van der Waals surface area contributed by atoms with Gasteiger partial charge in [-0.2, -0.15) is 0 Å². The van der Waals surface area contributed by atoms with Crippen LogP contribution in [0.2, 0.25) is 4.47 Å². The SMILES string of the molecule is Clc1ncc(COCC2CCCCN2)s1. The van der Waals surface area contributed by atoms with E-state index in [9.17, 15) is 0 Å². The molecular weight excluding hydrogens is 232 g/mol. The molecule has 1 atom stereocenters. The van der Waals surface area contributed by atoms with Crippen LogP contribution in [0.3, 0.4) is 0 Å². The Balaban J connectivity index is 1.65. The largest absolute Gasteiger partial charge is 0.374 e. The van der Waals surface area contributed by atoms with Crippen LogP contribution in [0.4, 0.5) is 0 Å². The Labute approximate surface area is 98.8 Å². The quantitative estimate of drug-likeness (QED) is 0.886. The van der Waals surface area contributed by atoms with Gasteiger partial charge in [0.05, 0.1) is 18.1 Å². The first kappa shape index (κ1) is 11.3. The summed E-state index contributed by atoms with van der Waals surface area (Å²) >= 11 is 7.21. The van der Waals surface area contributed by atoms with Gasteiger partial charge in [0.1, 0.15) is 0 Å². The number of rotatable bonds is 4. The van der Waals surface area contributed by atoms with Crippen molar-refractivity contribution in [2.45, 2.75) is 31.9 Å². The Hall–Kier alpha value is -0.160. The summed E-state index contributed by atoms with van der Waals surface area (Å²) < 4.78 is 6.21. The molecule has 0 bridgehead atoms. The lowest BCUT2D eigenvalue weighted by atomic mass is 10.1. The average molecular weight is 247 g/mol. The number of aromatic nitrogens is 1. The van der Waals surface area contributed by atoms with Gasteiger partial charge in [-0.15, -0.1) is 11.3 Å². The van der Waals surface area contributed by atoms with Crippen molar-refractivity contribution in [3.05, 3.63) is 15.5 Å². The Bertz CT molecular complexity index is 299. The molecule has 2 rings (SSSR count). The Morgan fingerprint density at radius 1 is 1.60 bits per heavy atom. The first-order valence-electron chi connectivity index (χ1n) is 5.26. The number of hydrogen-bond donors (Lipinski definition) is 1. The molecule has 1 saturated heterocycles. The van der Waals surface area contributed by atoms with Crippen LogP contribution in [-0.4, -0.2) is 24.2 Å². The van der Waals surface area contributed by atoms with Gasteiger partial charge in [0.25, 0.3) is 0 Å². The number of halogens is 1. The van der Waals surface area contributed by atoms with Crippen molar-refractivity contribution in [2.75, 3.05) is 13.2 Å².